The van der Waals surface area contributed by atoms with Crippen molar-refractivity contribution in [2.45, 2.75) is 0 Å². The molecule has 0 atom stereocenters. The summed E-state index contributed by atoms with van der Waals surface area (Å²) in [5.74, 6) is 0.687. The summed E-state index contributed by atoms with van der Waals surface area (Å²) >= 11 is 0. The summed E-state index contributed by atoms with van der Waals surface area (Å²) in [5, 5.41) is 25.8. The molecule has 2 N–H and O–H groups in total. The molecule has 1 fully saturated rings. The SMILES string of the molecule is O=C(O)N1CCN(C(=O)c2ccc(-c3nc4ccccc4[nH]3)cc2)CC1.[Pd].c1ccc(P(c2ccccc2)c2ccccc2)cc1.c1ccc(P(c2ccccc2)c2ccccc2)cc1.c1ccc(P(c2ccccc2)c2ccccc2)cc1.c1ccc(P(c2ccccc2)c2ccccc2)cc1. The van der Waals surface area contributed by atoms with Crippen LogP contribution in [-0.2, 0) is 20.4 Å². The zero-order valence-corrected chi connectivity index (χ0v) is 61.9. The Hall–Kier alpha value is -10.3. The Balaban J connectivity index is 0.000000130. The number of amides is 2. The van der Waals surface area contributed by atoms with Crippen LogP contribution in [-0.4, -0.2) is 63.1 Å². The van der Waals surface area contributed by atoms with Crippen molar-refractivity contribution in [1.82, 2.24) is 19.8 Å². The maximum Gasteiger partial charge on any atom is 0.407 e. The fraction of sp³-hybridized carbons (Fsp3) is 0.0440. The number of benzene rings is 14. The van der Waals surface area contributed by atoms with Crippen LogP contribution in [0.1, 0.15) is 10.4 Å². The summed E-state index contributed by atoms with van der Waals surface area (Å²) in [4.78, 5) is 34.4. The van der Waals surface area contributed by atoms with Gasteiger partial charge < -0.3 is 19.9 Å². The van der Waals surface area contributed by atoms with Gasteiger partial charge in [-0.2, -0.15) is 0 Å². The van der Waals surface area contributed by atoms with Crippen LogP contribution in [0.25, 0.3) is 22.4 Å². The molecular formula is C91H78N4O3P4Pd. The number of carbonyl (C=O) groups is 2. The number of carboxylic acid groups (broad SMARTS) is 1. The number of nitrogens with zero attached hydrogens (tertiary/aromatic N) is 3. The van der Waals surface area contributed by atoms with E-state index in [1.807, 2.05) is 36.4 Å². The van der Waals surface area contributed by atoms with Crippen molar-refractivity contribution in [1.29, 1.82) is 0 Å². The second-order valence-electron chi connectivity index (χ2n) is 23.6. The van der Waals surface area contributed by atoms with Crippen molar-refractivity contribution in [3.63, 3.8) is 0 Å². The average molecular weight is 1510 g/mol. The molecular weight excluding hydrogens is 1430 g/mol. The number of para-hydroxylation sites is 2. The number of H-pyrrole nitrogens is 1. The Bertz CT molecular complexity index is 4030. The number of hydrogen-bond donors (Lipinski definition) is 2. The minimum atomic E-state index is -0.938. The Labute approximate surface area is 624 Å². The van der Waals surface area contributed by atoms with Gasteiger partial charge in [0.25, 0.3) is 5.91 Å². The largest absolute Gasteiger partial charge is 0.465 e. The molecule has 2 amide bonds. The third-order valence-electron chi connectivity index (χ3n) is 16.8. The van der Waals surface area contributed by atoms with Crippen LogP contribution in [0.4, 0.5) is 4.79 Å². The van der Waals surface area contributed by atoms with Crippen LogP contribution < -0.4 is 63.7 Å². The molecule has 16 rings (SSSR count). The summed E-state index contributed by atoms with van der Waals surface area (Å²) in [6, 6.07) is 144. The van der Waals surface area contributed by atoms with Gasteiger partial charge in [0, 0.05) is 57.7 Å². The summed E-state index contributed by atoms with van der Waals surface area (Å²) in [6.07, 6.45) is -0.938. The van der Waals surface area contributed by atoms with Gasteiger partial charge in [0.1, 0.15) is 5.82 Å². The predicted octanol–water partition coefficient (Wildman–Crippen LogP) is 16.4. The Morgan fingerprint density at radius 2 is 0.476 bits per heavy atom. The van der Waals surface area contributed by atoms with Gasteiger partial charge in [-0.1, -0.05) is 388 Å². The van der Waals surface area contributed by atoms with Crippen LogP contribution >= 0.6 is 31.7 Å². The standard InChI is InChI=1S/C19H18N4O3.4C18H15P.Pd/c24-18(22-9-11-23(12-10-22)19(25)26)14-7-5-13(6-8-14)17-20-15-3-1-2-4-16(15)21-17;4*1-4-10-16(11-5-1)19(17-12-6-2-7-13-17)18-14-8-3-9-15-18;/h1-8H,9-12H2,(H,20,21)(H,25,26);4*1-15H;. The second-order valence-corrected chi connectivity index (χ2v) is 32.5. The van der Waals surface area contributed by atoms with Gasteiger partial charge in [0.05, 0.1) is 11.0 Å². The van der Waals surface area contributed by atoms with Gasteiger partial charge >= 0.3 is 6.09 Å². The normalized spacial score (nSPS) is 11.5. The molecule has 0 aliphatic carbocycles. The van der Waals surface area contributed by atoms with E-state index in [0.29, 0.717) is 31.7 Å². The summed E-state index contributed by atoms with van der Waals surface area (Å²) in [7, 11) is -1.78. The number of hydrogen-bond acceptors (Lipinski definition) is 3. The third kappa shape index (κ3) is 20.7. The molecule has 1 aromatic heterocycles. The van der Waals surface area contributed by atoms with Crippen LogP contribution in [0.3, 0.4) is 0 Å². The Kier molecular flexibility index (Phi) is 28.1. The molecule has 14 aromatic carbocycles. The molecule has 0 radical (unpaired) electrons. The summed E-state index contributed by atoms with van der Waals surface area (Å²) in [6.45, 7) is 1.52. The van der Waals surface area contributed by atoms with Crippen LogP contribution in [0, 0.1) is 0 Å². The van der Waals surface area contributed by atoms with Gasteiger partial charge in [0.2, 0.25) is 0 Å². The fourth-order valence-electron chi connectivity index (χ4n) is 11.9. The van der Waals surface area contributed by atoms with Gasteiger partial charge in [-0.3, -0.25) is 4.79 Å². The molecule has 0 spiro atoms. The van der Waals surface area contributed by atoms with Gasteiger partial charge in [-0.05, 0) is 120 Å². The first-order chi connectivity index (χ1) is 50.4. The molecule has 15 aromatic rings. The van der Waals surface area contributed by atoms with E-state index in [1.54, 1.807) is 17.0 Å². The van der Waals surface area contributed by atoms with Crippen molar-refractivity contribution in [3.05, 3.63) is 418 Å². The van der Waals surface area contributed by atoms with Crippen molar-refractivity contribution < 1.29 is 35.1 Å². The zero-order valence-electron chi connectivity index (χ0n) is 56.8. The molecule has 0 saturated carbocycles. The first kappa shape index (κ1) is 73.9. The monoisotopic (exact) mass is 1500 g/mol. The van der Waals surface area contributed by atoms with Crippen LogP contribution in [0.2, 0.25) is 0 Å². The van der Waals surface area contributed by atoms with E-state index in [1.165, 1.54) is 68.6 Å². The van der Waals surface area contributed by atoms with Crippen LogP contribution in [0.15, 0.2) is 413 Å². The average Bonchev–Trinajstić information content (AvgIpc) is 1.23. The van der Waals surface area contributed by atoms with Crippen molar-refractivity contribution in [2.75, 3.05) is 26.2 Å². The molecule has 1 saturated heterocycles. The van der Waals surface area contributed by atoms with E-state index in [0.717, 1.165) is 22.4 Å². The number of rotatable bonds is 14. The van der Waals surface area contributed by atoms with E-state index < -0.39 is 37.8 Å². The minimum Gasteiger partial charge on any atom is -0.465 e. The van der Waals surface area contributed by atoms with Crippen molar-refractivity contribution >= 4 is 118 Å². The molecule has 0 unspecified atom stereocenters. The van der Waals surface area contributed by atoms with E-state index in [4.69, 9.17) is 5.11 Å². The first-order valence-electron chi connectivity index (χ1n) is 34.1. The minimum absolute atomic E-state index is 0. The number of fused-ring (bicyclic) bond motifs is 1. The maximum atomic E-state index is 12.6. The molecule has 2 heterocycles. The number of carbonyl (C=O) groups excluding carboxylic acids is 1. The van der Waals surface area contributed by atoms with E-state index in [-0.39, 0.29) is 26.3 Å². The zero-order chi connectivity index (χ0) is 69.8. The Morgan fingerprint density at radius 1 is 0.272 bits per heavy atom. The topological polar surface area (TPSA) is 89.5 Å². The maximum absolute atomic E-state index is 12.6. The third-order valence-corrected chi connectivity index (χ3v) is 26.6. The number of aromatic amines is 1. The van der Waals surface area contributed by atoms with E-state index in [2.05, 4.69) is 374 Å². The molecule has 1 aliphatic heterocycles. The number of nitrogens with one attached hydrogen (secondary N) is 1. The number of aromatic nitrogens is 2. The number of piperazine rings is 1. The summed E-state index contributed by atoms with van der Waals surface area (Å²) < 4.78 is 0. The molecule has 1 aliphatic rings. The van der Waals surface area contributed by atoms with Gasteiger partial charge in [-0.15, -0.1) is 0 Å². The molecule has 510 valence electrons. The predicted molar refractivity (Wildman–Crippen MR) is 438 cm³/mol. The quantitative estimate of drug-likeness (QED) is 0.0839. The molecule has 103 heavy (non-hydrogen) atoms. The van der Waals surface area contributed by atoms with Gasteiger partial charge in [0.15, 0.2) is 0 Å². The smallest absolute Gasteiger partial charge is 0.407 e. The molecule has 7 nitrogen and oxygen atoms in total. The van der Waals surface area contributed by atoms with Gasteiger partial charge in [-0.25, -0.2) is 9.78 Å². The Morgan fingerprint density at radius 3 is 0.689 bits per heavy atom. The second kappa shape index (κ2) is 39.2. The number of imidazole rings is 1. The molecule has 12 heteroatoms. The van der Waals surface area contributed by atoms with Crippen LogP contribution in [0.5, 0.6) is 0 Å². The van der Waals surface area contributed by atoms with Crippen molar-refractivity contribution in [2.24, 2.45) is 0 Å². The fourth-order valence-corrected chi connectivity index (χ4v) is 21.1. The summed E-state index contributed by atoms with van der Waals surface area (Å²) in [5.41, 5.74) is 3.37. The van der Waals surface area contributed by atoms with E-state index >= 15 is 0 Å². The van der Waals surface area contributed by atoms with E-state index in [9.17, 15) is 9.59 Å². The molecule has 0 bridgehead atoms. The first-order valence-corrected chi connectivity index (χ1v) is 39.4. The van der Waals surface area contributed by atoms with Crippen molar-refractivity contribution in [3.8, 4) is 11.4 Å².